The molecule has 2 aromatic rings. The van der Waals surface area contributed by atoms with Crippen LogP contribution in [0.15, 0.2) is 36.4 Å². The van der Waals surface area contributed by atoms with Crippen LogP contribution in [0.4, 0.5) is 0 Å². The number of carbonyl (C=O) groups excluding carboxylic acids is 2. The molecule has 0 aliphatic carbocycles. The molecule has 0 saturated carbocycles. The van der Waals surface area contributed by atoms with Gasteiger partial charge < -0.3 is 14.5 Å². The van der Waals surface area contributed by atoms with Crippen molar-refractivity contribution in [1.29, 1.82) is 0 Å². The van der Waals surface area contributed by atoms with E-state index in [0.29, 0.717) is 31.9 Å². The fraction of sp³-hybridized carbons (Fsp3) is 0.476. The molecule has 2 saturated heterocycles. The first-order valence-electron chi connectivity index (χ1n) is 9.42. The first-order valence-corrected chi connectivity index (χ1v) is 9.42. The zero-order valence-corrected chi connectivity index (χ0v) is 15.9. The van der Waals surface area contributed by atoms with Crippen LogP contribution in [0.3, 0.4) is 0 Å². The fourth-order valence-corrected chi connectivity index (χ4v) is 4.58. The molecule has 142 valence electrons. The molecule has 27 heavy (non-hydrogen) atoms. The van der Waals surface area contributed by atoms with Crippen LogP contribution in [0.5, 0.6) is 0 Å². The van der Waals surface area contributed by atoms with Crippen molar-refractivity contribution in [2.45, 2.75) is 13.3 Å². The van der Waals surface area contributed by atoms with Gasteiger partial charge >= 0.3 is 0 Å². The molecule has 0 bridgehead atoms. The molecule has 1 aromatic carbocycles. The number of methoxy groups -OCH3 is 1. The van der Waals surface area contributed by atoms with Crippen LogP contribution < -0.4 is 0 Å². The van der Waals surface area contributed by atoms with Crippen molar-refractivity contribution in [3.8, 4) is 0 Å². The summed E-state index contributed by atoms with van der Waals surface area (Å²) in [5.74, 6) is 0.293. The minimum absolute atomic E-state index is 0.0342. The summed E-state index contributed by atoms with van der Waals surface area (Å²) in [4.78, 5) is 33.3. The molecule has 0 unspecified atom stereocenters. The van der Waals surface area contributed by atoms with Gasteiger partial charge in [-0.1, -0.05) is 24.3 Å². The Balaban J connectivity index is 1.55. The van der Waals surface area contributed by atoms with Gasteiger partial charge in [-0.3, -0.25) is 9.59 Å². The quantitative estimate of drug-likeness (QED) is 0.834. The van der Waals surface area contributed by atoms with Gasteiger partial charge in [-0.2, -0.15) is 0 Å². The highest BCUT2D eigenvalue weighted by molar-refractivity contribution is 5.95. The lowest BCUT2D eigenvalue weighted by molar-refractivity contribution is -0.128. The summed E-state index contributed by atoms with van der Waals surface area (Å²) in [6, 6.07) is 11.6. The molecule has 0 radical (unpaired) electrons. The SMILES string of the molecule is COC[C@@]12CCN(C(=O)c3ccc4ccccc4n3)C[C@@H]1CN(C(C)=O)C2. The topological polar surface area (TPSA) is 62.7 Å². The number of likely N-dealkylation sites (tertiary alicyclic amines) is 2. The van der Waals surface area contributed by atoms with Crippen LogP contribution in [0.25, 0.3) is 10.9 Å². The smallest absolute Gasteiger partial charge is 0.272 e. The van der Waals surface area contributed by atoms with Gasteiger partial charge in [0.1, 0.15) is 5.69 Å². The molecule has 6 nitrogen and oxygen atoms in total. The van der Waals surface area contributed by atoms with Crippen molar-refractivity contribution in [3.05, 3.63) is 42.1 Å². The van der Waals surface area contributed by atoms with Gasteiger partial charge in [-0.25, -0.2) is 4.98 Å². The number of ether oxygens (including phenoxy) is 1. The monoisotopic (exact) mass is 367 g/mol. The summed E-state index contributed by atoms with van der Waals surface area (Å²) in [5.41, 5.74) is 1.26. The fourth-order valence-electron chi connectivity index (χ4n) is 4.58. The number of pyridine rings is 1. The Morgan fingerprint density at radius 3 is 2.74 bits per heavy atom. The minimum Gasteiger partial charge on any atom is -0.384 e. The van der Waals surface area contributed by atoms with Gasteiger partial charge in [0, 0.05) is 56.9 Å². The van der Waals surface area contributed by atoms with Gasteiger partial charge in [0.05, 0.1) is 12.1 Å². The minimum atomic E-state index is -0.0476. The summed E-state index contributed by atoms with van der Waals surface area (Å²) in [5, 5.41) is 1.03. The largest absolute Gasteiger partial charge is 0.384 e. The van der Waals surface area contributed by atoms with Crippen molar-refractivity contribution < 1.29 is 14.3 Å². The lowest BCUT2D eigenvalue weighted by Crippen LogP contribution is -2.51. The first kappa shape index (κ1) is 17.9. The second kappa shape index (κ2) is 6.93. The molecule has 0 spiro atoms. The third-order valence-corrected chi connectivity index (χ3v) is 6.11. The summed E-state index contributed by atoms with van der Waals surface area (Å²) in [7, 11) is 1.71. The van der Waals surface area contributed by atoms with Gasteiger partial charge in [0.2, 0.25) is 5.91 Å². The van der Waals surface area contributed by atoms with E-state index in [-0.39, 0.29) is 23.1 Å². The molecule has 0 N–H and O–H groups in total. The van der Waals surface area contributed by atoms with Gasteiger partial charge in [-0.15, -0.1) is 0 Å². The van der Waals surface area contributed by atoms with E-state index in [1.807, 2.05) is 40.1 Å². The van der Waals surface area contributed by atoms with Gasteiger partial charge in [0.25, 0.3) is 5.91 Å². The Morgan fingerprint density at radius 1 is 1.19 bits per heavy atom. The second-order valence-corrected chi connectivity index (χ2v) is 7.78. The van der Waals surface area contributed by atoms with Crippen LogP contribution in [0.2, 0.25) is 0 Å². The predicted molar refractivity (Wildman–Crippen MR) is 102 cm³/mol. The summed E-state index contributed by atoms with van der Waals surface area (Å²) < 4.78 is 5.49. The molecule has 2 aliphatic rings. The van der Waals surface area contributed by atoms with E-state index in [4.69, 9.17) is 4.74 Å². The van der Waals surface area contributed by atoms with E-state index in [2.05, 4.69) is 4.98 Å². The summed E-state index contributed by atoms with van der Waals surface area (Å²) in [6.45, 7) is 4.95. The molecule has 2 fully saturated rings. The maximum atomic E-state index is 13.1. The molecule has 4 rings (SSSR count). The highest BCUT2D eigenvalue weighted by Gasteiger charge is 2.50. The van der Waals surface area contributed by atoms with E-state index in [1.165, 1.54) is 0 Å². The normalized spacial score (nSPS) is 24.9. The van der Waals surface area contributed by atoms with E-state index >= 15 is 0 Å². The number of rotatable bonds is 3. The zero-order chi connectivity index (χ0) is 19.0. The number of para-hydroxylation sites is 1. The van der Waals surface area contributed by atoms with Crippen molar-refractivity contribution in [2.24, 2.45) is 11.3 Å². The Morgan fingerprint density at radius 2 is 1.96 bits per heavy atom. The number of benzene rings is 1. The molecule has 2 amide bonds. The summed E-state index contributed by atoms with van der Waals surface area (Å²) in [6.07, 6.45) is 0.842. The molecule has 2 aliphatic heterocycles. The number of hydrogen-bond donors (Lipinski definition) is 0. The standard InChI is InChI=1S/C21H25N3O3/c1-15(25)24-12-17-11-23(10-9-21(17,13-24)14-27-2)20(26)19-8-7-16-5-3-4-6-18(16)22-19/h3-8,17H,9-14H2,1-2H3/t17-,21+/m1/s1. The molecule has 2 atom stereocenters. The molecule has 1 aromatic heterocycles. The lowest BCUT2D eigenvalue weighted by atomic mass is 9.73. The Hall–Kier alpha value is -2.47. The molecule has 6 heteroatoms. The van der Waals surface area contributed by atoms with Crippen molar-refractivity contribution in [1.82, 2.24) is 14.8 Å². The highest BCUT2D eigenvalue weighted by atomic mass is 16.5. The molecule has 3 heterocycles. The van der Waals surface area contributed by atoms with Crippen LogP contribution in [0, 0.1) is 11.3 Å². The maximum absolute atomic E-state index is 13.1. The van der Waals surface area contributed by atoms with Gasteiger partial charge in [0.15, 0.2) is 0 Å². The average molecular weight is 367 g/mol. The van der Waals surface area contributed by atoms with Gasteiger partial charge in [-0.05, 0) is 18.6 Å². The third kappa shape index (κ3) is 3.18. The lowest BCUT2D eigenvalue weighted by Gasteiger charge is -2.42. The third-order valence-electron chi connectivity index (χ3n) is 6.11. The number of aromatic nitrogens is 1. The molecular weight excluding hydrogens is 342 g/mol. The second-order valence-electron chi connectivity index (χ2n) is 7.78. The predicted octanol–water partition coefficient (Wildman–Crippen LogP) is 2.19. The summed E-state index contributed by atoms with van der Waals surface area (Å²) >= 11 is 0. The zero-order valence-electron chi connectivity index (χ0n) is 15.9. The van der Waals surface area contributed by atoms with Crippen LogP contribution in [0.1, 0.15) is 23.8 Å². The molecular formula is C21H25N3O3. The number of piperidine rings is 1. The van der Waals surface area contributed by atoms with E-state index in [9.17, 15) is 9.59 Å². The Kier molecular flexibility index (Phi) is 4.60. The van der Waals surface area contributed by atoms with Crippen LogP contribution in [-0.4, -0.2) is 66.5 Å². The Labute approximate surface area is 159 Å². The Bertz CT molecular complexity index is 884. The van der Waals surface area contributed by atoms with Crippen molar-refractivity contribution in [2.75, 3.05) is 39.9 Å². The number of carbonyl (C=O) groups is 2. The number of amides is 2. The van der Waals surface area contributed by atoms with E-state index < -0.39 is 0 Å². The highest BCUT2D eigenvalue weighted by Crippen LogP contribution is 2.43. The van der Waals surface area contributed by atoms with Crippen molar-refractivity contribution >= 4 is 22.7 Å². The number of nitrogens with zero attached hydrogens (tertiary/aromatic N) is 3. The van der Waals surface area contributed by atoms with E-state index in [0.717, 1.165) is 23.9 Å². The van der Waals surface area contributed by atoms with Crippen molar-refractivity contribution in [3.63, 3.8) is 0 Å². The maximum Gasteiger partial charge on any atom is 0.272 e. The average Bonchev–Trinajstić information content (AvgIpc) is 3.06. The number of hydrogen-bond acceptors (Lipinski definition) is 4. The number of fused-ring (bicyclic) bond motifs is 2. The van der Waals surface area contributed by atoms with E-state index in [1.54, 1.807) is 20.1 Å². The van der Waals surface area contributed by atoms with Crippen LogP contribution in [-0.2, 0) is 9.53 Å². The first-order chi connectivity index (χ1) is 13.0. The van der Waals surface area contributed by atoms with Crippen LogP contribution >= 0.6 is 0 Å².